The number of hydrogen-bond acceptors (Lipinski definition) is 4. The van der Waals surface area contributed by atoms with Crippen molar-refractivity contribution in [3.8, 4) is 0 Å². The molecule has 9 heteroatoms. The SMILES string of the molecule is [N-]=[N+]=NCC1COC(=O)N1c1ccc(C(N)=O)c(F)c1. The molecular weight excluding hydrogens is 269 g/mol. The number of primary amides is 1. The van der Waals surface area contributed by atoms with E-state index in [-0.39, 0.29) is 24.4 Å². The molecule has 1 aromatic carbocycles. The molecule has 20 heavy (non-hydrogen) atoms. The van der Waals surface area contributed by atoms with E-state index in [1.165, 1.54) is 17.0 Å². The second-order valence-electron chi connectivity index (χ2n) is 4.04. The van der Waals surface area contributed by atoms with Crippen LogP contribution in [-0.4, -0.2) is 31.2 Å². The molecule has 1 heterocycles. The molecule has 0 spiro atoms. The van der Waals surface area contributed by atoms with Crippen molar-refractivity contribution in [3.05, 3.63) is 40.0 Å². The maximum atomic E-state index is 13.7. The lowest BCUT2D eigenvalue weighted by atomic mass is 10.1. The Balaban J connectivity index is 2.33. The molecule has 0 radical (unpaired) electrons. The highest BCUT2D eigenvalue weighted by atomic mass is 19.1. The van der Waals surface area contributed by atoms with Crippen LogP contribution in [0.5, 0.6) is 0 Å². The van der Waals surface area contributed by atoms with Gasteiger partial charge < -0.3 is 10.5 Å². The van der Waals surface area contributed by atoms with Crippen molar-refractivity contribution in [2.24, 2.45) is 10.8 Å². The van der Waals surface area contributed by atoms with Crippen LogP contribution < -0.4 is 10.6 Å². The molecule has 0 aromatic heterocycles. The average Bonchev–Trinajstić information content (AvgIpc) is 2.77. The van der Waals surface area contributed by atoms with E-state index in [4.69, 9.17) is 16.0 Å². The van der Waals surface area contributed by atoms with Gasteiger partial charge in [0, 0.05) is 4.91 Å². The zero-order chi connectivity index (χ0) is 14.7. The van der Waals surface area contributed by atoms with Crippen molar-refractivity contribution < 1.29 is 18.7 Å². The summed E-state index contributed by atoms with van der Waals surface area (Å²) in [7, 11) is 0. The van der Waals surface area contributed by atoms with Gasteiger partial charge in [-0.05, 0) is 23.7 Å². The Morgan fingerprint density at radius 2 is 2.40 bits per heavy atom. The molecule has 1 aromatic rings. The molecule has 1 saturated heterocycles. The minimum atomic E-state index is -0.899. The van der Waals surface area contributed by atoms with Crippen molar-refractivity contribution in [1.82, 2.24) is 0 Å². The normalized spacial score (nSPS) is 17.6. The molecule has 104 valence electrons. The summed E-state index contributed by atoms with van der Waals surface area (Å²) in [5, 5.41) is 3.37. The molecule has 0 bridgehead atoms. The molecule has 1 aliphatic heterocycles. The minimum absolute atomic E-state index is 0.00142. The monoisotopic (exact) mass is 279 g/mol. The van der Waals surface area contributed by atoms with E-state index in [0.717, 1.165) is 6.07 Å². The molecule has 1 atom stereocenters. The predicted octanol–water partition coefficient (Wildman–Crippen LogP) is 1.56. The van der Waals surface area contributed by atoms with Gasteiger partial charge in [0.1, 0.15) is 12.4 Å². The van der Waals surface area contributed by atoms with E-state index in [9.17, 15) is 14.0 Å². The number of azide groups is 1. The summed E-state index contributed by atoms with van der Waals surface area (Å²) in [6, 6.07) is 3.05. The quantitative estimate of drug-likeness (QED) is 0.511. The molecule has 0 aliphatic carbocycles. The number of benzene rings is 1. The van der Waals surface area contributed by atoms with E-state index in [1.807, 2.05) is 0 Å². The Labute approximate surface area is 112 Å². The fraction of sp³-hybridized carbons (Fsp3) is 0.273. The summed E-state index contributed by atoms with van der Waals surface area (Å²) in [6.07, 6.45) is -0.672. The number of cyclic esters (lactones) is 1. The van der Waals surface area contributed by atoms with Crippen molar-refractivity contribution in [3.63, 3.8) is 0 Å². The zero-order valence-electron chi connectivity index (χ0n) is 10.2. The summed E-state index contributed by atoms with van der Waals surface area (Å²) in [5.41, 5.74) is 13.2. The van der Waals surface area contributed by atoms with Gasteiger partial charge in [0.05, 0.1) is 23.8 Å². The lowest BCUT2D eigenvalue weighted by molar-refractivity contribution is 0.0996. The van der Waals surface area contributed by atoms with Crippen LogP contribution in [-0.2, 0) is 4.74 Å². The van der Waals surface area contributed by atoms with Crippen LogP contribution in [0, 0.1) is 5.82 Å². The third-order valence-corrected chi connectivity index (χ3v) is 2.81. The summed E-state index contributed by atoms with van der Waals surface area (Å²) < 4.78 is 18.5. The first kappa shape index (κ1) is 13.6. The Hall–Kier alpha value is -2.80. The van der Waals surface area contributed by atoms with Gasteiger partial charge in [0.15, 0.2) is 0 Å². The van der Waals surface area contributed by atoms with Gasteiger partial charge in [-0.25, -0.2) is 9.18 Å². The molecule has 2 amide bonds. The number of nitrogens with zero attached hydrogens (tertiary/aromatic N) is 4. The Morgan fingerprint density at radius 1 is 1.65 bits per heavy atom. The van der Waals surface area contributed by atoms with Crippen molar-refractivity contribution in [2.75, 3.05) is 18.1 Å². The Kier molecular flexibility index (Phi) is 3.72. The van der Waals surface area contributed by atoms with Crippen LogP contribution in [0.3, 0.4) is 0 Å². The fourth-order valence-electron chi connectivity index (χ4n) is 1.90. The van der Waals surface area contributed by atoms with E-state index in [0.29, 0.717) is 0 Å². The maximum Gasteiger partial charge on any atom is 0.414 e. The summed E-state index contributed by atoms with van der Waals surface area (Å²) >= 11 is 0. The van der Waals surface area contributed by atoms with Gasteiger partial charge in [0.25, 0.3) is 5.91 Å². The summed E-state index contributed by atoms with van der Waals surface area (Å²) in [4.78, 5) is 26.4. The second-order valence-corrected chi connectivity index (χ2v) is 4.04. The van der Waals surface area contributed by atoms with Crippen molar-refractivity contribution >= 4 is 17.7 Å². The van der Waals surface area contributed by atoms with Crippen LogP contribution >= 0.6 is 0 Å². The first-order valence-electron chi connectivity index (χ1n) is 5.60. The molecule has 0 saturated carbocycles. The highest BCUT2D eigenvalue weighted by Crippen LogP contribution is 2.25. The lowest BCUT2D eigenvalue weighted by Gasteiger charge is -2.20. The van der Waals surface area contributed by atoms with Gasteiger partial charge in [-0.15, -0.1) is 0 Å². The number of carbonyl (C=O) groups is 2. The van der Waals surface area contributed by atoms with E-state index in [2.05, 4.69) is 10.0 Å². The standard InChI is InChI=1S/C11H10FN5O3/c12-9-3-6(1-2-8(9)10(13)18)17-7(4-15-16-14)5-20-11(17)19/h1-3,7H,4-5H2,(H2,13,18). The van der Waals surface area contributed by atoms with E-state index >= 15 is 0 Å². The number of nitrogens with two attached hydrogens (primary N) is 1. The topological polar surface area (TPSA) is 121 Å². The van der Waals surface area contributed by atoms with Gasteiger partial charge in [-0.2, -0.15) is 0 Å². The number of halogens is 1. The van der Waals surface area contributed by atoms with Crippen LogP contribution in [0.25, 0.3) is 10.4 Å². The zero-order valence-corrected chi connectivity index (χ0v) is 10.2. The maximum absolute atomic E-state index is 13.7. The Morgan fingerprint density at radius 3 is 3.00 bits per heavy atom. The van der Waals surface area contributed by atoms with Gasteiger partial charge in [-0.3, -0.25) is 9.69 Å². The Bertz CT molecular complexity index is 614. The van der Waals surface area contributed by atoms with Crippen LogP contribution in [0.1, 0.15) is 10.4 Å². The third kappa shape index (κ3) is 2.47. The highest BCUT2D eigenvalue weighted by Gasteiger charge is 2.34. The largest absolute Gasteiger partial charge is 0.447 e. The van der Waals surface area contributed by atoms with Crippen molar-refractivity contribution in [2.45, 2.75) is 6.04 Å². The van der Waals surface area contributed by atoms with Gasteiger partial charge in [-0.1, -0.05) is 5.11 Å². The number of rotatable bonds is 4. The third-order valence-electron chi connectivity index (χ3n) is 2.81. The molecule has 8 nitrogen and oxygen atoms in total. The molecule has 1 unspecified atom stereocenters. The number of ether oxygens (including phenoxy) is 1. The van der Waals surface area contributed by atoms with Crippen LogP contribution in [0.2, 0.25) is 0 Å². The van der Waals surface area contributed by atoms with Crippen LogP contribution in [0.15, 0.2) is 23.3 Å². The second kappa shape index (κ2) is 5.45. The van der Waals surface area contributed by atoms with Gasteiger partial charge >= 0.3 is 6.09 Å². The number of hydrogen-bond donors (Lipinski definition) is 1. The average molecular weight is 279 g/mol. The molecule has 1 fully saturated rings. The smallest absolute Gasteiger partial charge is 0.414 e. The summed E-state index contributed by atoms with van der Waals surface area (Å²) in [6.45, 7) is 0.0402. The number of amides is 2. The van der Waals surface area contributed by atoms with E-state index < -0.39 is 23.9 Å². The first-order chi connectivity index (χ1) is 9.54. The molecule has 2 N–H and O–H groups in total. The van der Waals surface area contributed by atoms with Crippen molar-refractivity contribution in [1.29, 1.82) is 0 Å². The number of carbonyl (C=O) groups excluding carboxylic acids is 2. The summed E-state index contributed by atoms with van der Waals surface area (Å²) in [5.74, 6) is -1.74. The minimum Gasteiger partial charge on any atom is -0.447 e. The molecule has 1 aliphatic rings. The van der Waals surface area contributed by atoms with Gasteiger partial charge in [0.2, 0.25) is 0 Å². The number of anilines is 1. The first-order valence-corrected chi connectivity index (χ1v) is 5.60. The van der Waals surface area contributed by atoms with E-state index in [1.54, 1.807) is 0 Å². The predicted molar refractivity (Wildman–Crippen MR) is 66.5 cm³/mol. The molecule has 2 rings (SSSR count). The van der Waals surface area contributed by atoms with Crippen LogP contribution in [0.4, 0.5) is 14.9 Å². The lowest BCUT2D eigenvalue weighted by Crippen LogP contribution is -2.35. The highest BCUT2D eigenvalue weighted by molar-refractivity contribution is 5.95. The fourth-order valence-corrected chi connectivity index (χ4v) is 1.90. The molecular formula is C11H10FN5O3.